The number of anilines is 2. The van der Waals surface area contributed by atoms with E-state index in [4.69, 9.17) is 16.7 Å². The number of amides is 2. The zero-order valence-corrected chi connectivity index (χ0v) is 12.5. The number of nitrogens with zero attached hydrogens (tertiary/aromatic N) is 3. The molecule has 0 saturated carbocycles. The van der Waals surface area contributed by atoms with Crippen LogP contribution in [0, 0.1) is 6.92 Å². The molecule has 1 aromatic carbocycles. The van der Waals surface area contributed by atoms with Crippen LogP contribution in [-0.4, -0.2) is 33.0 Å². The maximum Gasteiger partial charge on any atom is 0.328 e. The van der Waals surface area contributed by atoms with E-state index in [2.05, 4.69) is 14.7 Å². The fourth-order valence-electron chi connectivity index (χ4n) is 1.54. The topological polar surface area (TPSA) is 95.4 Å². The number of benzene rings is 1. The van der Waals surface area contributed by atoms with Gasteiger partial charge in [0.05, 0.1) is 0 Å². The van der Waals surface area contributed by atoms with E-state index in [1.54, 1.807) is 31.2 Å². The average molecular weight is 327 g/mol. The number of rotatable bonds is 4. The summed E-state index contributed by atoms with van der Waals surface area (Å²) in [6.45, 7) is 1.21. The van der Waals surface area contributed by atoms with Gasteiger partial charge in [-0.2, -0.15) is 4.37 Å². The lowest BCUT2D eigenvalue weighted by Gasteiger charge is -2.20. The van der Waals surface area contributed by atoms with E-state index in [0.29, 0.717) is 21.7 Å². The van der Waals surface area contributed by atoms with Crippen LogP contribution in [0.3, 0.4) is 0 Å². The molecule has 7 nitrogen and oxygen atoms in total. The zero-order valence-electron chi connectivity index (χ0n) is 10.9. The summed E-state index contributed by atoms with van der Waals surface area (Å²) in [7, 11) is 0. The Morgan fingerprint density at radius 2 is 2.05 bits per heavy atom. The number of urea groups is 1. The van der Waals surface area contributed by atoms with Crippen LogP contribution in [0.1, 0.15) is 5.82 Å². The Labute approximate surface area is 129 Å². The Morgan fingerprint density at radius 1 is 1.38 bits per heavy atom. The second-order valence-corrected chi connectivity index (χ2v) is 5.22. The molecule has 0 aliphatic carbocycles. The fourth-order valence-corrected chi connectivity index (χ4v) is 2.23. The highest BCUT2D eigenvalue weighted by atomic mass is 35.5. The van der Waals surface area contributed by atoms with Crippen molar-refractivity contribution in [2.45, 2.75) is 6.92 Å². The number of aromatic nitrogens is 2. The van der Waals surface area contributed by atoms with Crippen LogP contribution in [-0.2, 0) is 4.79 Å². The number of carbonyl (C=O) groups is 2. The maximum absolute atomic E-state index is 12.2. The smallest absolute Gasteiger partial charge is 0.328 e. The first-order valence-corrected chi connectivity index (χ1v) is 6.97. The third-order valence-corrected chi connectivity index (χ3v) is 3.39. The number of carboxylic acid groups (broad SMARTS) is 1. The van der Waals surface area contributed by atoms with E-state index < -0.39 is 18.5 Å². The molecule has 9 heteroatoms. The summed E-state index contributed by atoms with van der Waals surface area (Å²) >= 11 is 6.81. The van der Waals surface area contributed by atoms with E-state index in [-0.39, 0.29) is 0 Å². The van der Waals surface area contributed by atoms with E-state index in [1.807, 2.05) is 0 Å². The Bertz CT molecular complexity index is 659. The van der Waals surface area contributed by atoms with Gasteiger partial charge in [-0.1, -0.05) is 11.6 Å². The predicted octanol–water partition coefficient (Wildman–Crippen LogP) is 2.62. The Kier molecular flexibility index (Phi) is 4.71. The van der Waals surface area contributed by atoms with E-state index in [9.17, 15) is 9.59 Å². The summed E-state index contributed by atoms with van der Waals surface area (Å²) in [6, 6.07) is 5.69. The number of carbonyl (C=O) groups excluding carboxylic acids is 1. The number of aryl methyl sites for hydroxylation is 1. The summed E-state index contributed by atoms with van der Waals surface area (Å²) in [5, 5.41) is 12.3. The number of hydrogen-bond acceptors (Lipinski definition) is 5. The third-order valence-electron chi connectivity index (χ3n) is 2.42. The molecule has 0 atom stereocenters. The minimum atomic E-state index is -1.13. The van der Waals surface area contributed by atoms with Crippen LogP contribution >= 0.6 is 23.1 Å². The molecule has 110 valence electrons. The minimum Gasteiger partial charge on any atom is -0.480 e. The monoisotopic (exact) mass is 326 g/mol. The molecule has 0 unspecified atom stereocenters. The first-order chi connectivity index (χ1) is 9.95. The van der Waals surface area contributed by atoms with Gasteiger partial charge < -0.3 is 5.11 Å². The van der Waals surface area contributed by atoms with Gasteiger partial charge in [-0.25, -0.2) is 9.78 Å². The molecular weight excluding hydrogens is 316 g/mol. The molecule has 0 aliphatic heterocycles. The van der Waals surface area contributed by atoms with Crippen LogP contribution in [0.4, 0.5) is 15.6 Å². The van der Waals surface area contributed by atoms with Gasteiger partial charge in [0, 0.05) is 22.2 Å². The molecule has 0 bridgehead atoms. The fraction of sp³-hybridized carbons (Fsp3) is 0.167. The SMILES string of the molecule is Cc1nsc(NC(=O)N(CC(=O)O)c2ccc(Cl)cc2)n1. The molecule has 0 radical (unpaired) electrons. The van der Waals surface area contributed by atoms with Crippen LogP contribution < -0.4 is 10.2 Å². The summed E-state index contributed by atoms with van der Waals surface area (Å²) in [6.07, 6.45) is 0. The molecule has 0 aliphatic rings. The standard InChI is InChI=1S/C12H11ClN4O3S/c1-7-14-11(21-16-7)15-12(20)17(6-10(18)19)9-4-2-8(13)3-5-9/h2-5H,6H2,1H3,(H,18,19)(H,14,15,16,20). The normalized spacial score (nSPS) is 10.2. The first-order valence-electron chi connectivity index (χ1n) is 5.82. The Hall–Kier alpha value is -2.19. The number of halogens is 1. The summed E-state index contributed by atoms with van der Waals surface area (Å²) in [4.78, 5) is 28.2. The average Bonchev–Trinajstić information content (AvgIpc) is 2.82. The summed E-state index contributed by atoms with van der Waals surface area (Å²) < 4.78 is 3.94. The van der Waals surface area contributed by atoms with Crippen molar-refractivity contribution >= 4 is 46.0 Å². The van der Waals surface area contributed by atoms with Crippen LogP contribution in [0.25, 0.3) is 0 Å². The van der Waals surface area contributed by atoms with Crippen LogP contribution in [0.5, 0.6) is 0 Å². The molecule has 2 N–H and O–H groups in total. The van der Waals surface area contributed by atoms with Gasteiger partial charge in [0.1, 0.15) is 12.4 Å². The molecule has 1 aromatic heterocycles. The lowest BCUT2D eigenvalue weighted by molar-refractivity contribution is -0.135. The Morgan fingerprint density at radius 3 is 2.57 bits per heavy atom. The van der Waals surface area contributed by atoms with Crippen molar-refractivity contribution in [2.24, 2.45) is 0 Å². The van der Waals surface area contributed by atoms with Gasteiger partial charge >= 0.3 is 12.0 Å². The predicted molar refractivity (Wildman–Crippen MR) is 80.1 cm³/mol. The van der Waals surface area contributed by atoms with Crippen LogP contribution in [0.15, 0.2) is 24.3 Å². The Balaban J connectivity index is 2.20. The quantitative estimate of drug-likeness (QED) is 0.900. The molecule has 0 fully saturated rings. The molecule has 2 aromatic rings. The lowest BCUT2D eigenvalue weighted by Crippen LogP contribution is -2.38. The van der Waals surface area contributed by atoms with Gasteiger partial charge in [0.15, 0.2) is 0 Å². The van der Waals surface area contributed by atoms with Gasteiger partial charge in [0.25, 0.3) is 0 Å². The van der Waals surface area contributed by atoms with Crippen molar-refractivity contribution in [3.8, 4) is 0 Å². The molecule has 21 heavy (non-hydrogen) atoms. The number of hydrogen-bond donors (Lipinski definition) is 2. The highest BCUT2D eigenvalue weighted by Crippen LogP contribution is 2.19. The van der Waals surface area contributed by atoms with Gasteiger partial charge in [-0.15, -0.1) is 0 Å². The van der Waals surface area contributed by atoms with Crippen molar-refractivity contribution in [1.82, 2.24) is 9.36 Å². The highest BCUT2D eigenvalue weighted by Gasteiger charge is 2.20. The largest absolute Gasteiger partial charge is 0.480 e. The van der Waals surface area contributed by atoms with Gasteiger partial charge in [0.2, 0.25) is 5.13 Å². The van der Waals surface area contributed by atoms with Crippen molar-refractivity contribution in [1.29, 1.82) is 0 Å². The number of nitrogens with one attached hydrogen (secondary N) is 1. The van der Waals surface area contributed by atoms with E-state index in [0.717, 1.165) is 16.4 Å². The molecular formula is C12H11ClN4O3S. The molecule has 2 rings (SSSR count). The highest BCUT2D eigenvalue weighted by molar-refractivity contribution is 7.09. The van der Waals surface area contributed by atoms with Crippen molar-refractivity contribution in [3.05, 3.63) is 35.1 Å². The second kappa shape index (κ2) is 6.51. The van der Waals surface area contributed by atoms with Crippen LogP contribution in [0.2, 0.25) is 5.02 Å². The summed E-state index contributed by atoms with van der Waals surface area (Å²) in [5.74, 6) is -0.597. The second-order valence-electron chi connectivity index (χ2n) is 4.03. The van der Waals surface area contributed by atoms with E-state index in [1.165, 1.54) is 0 Å². The molecule has 2 amide bonds. The maximum atomic E-state index is 12.2. The van der Waals surface area contributed by atoms with Gasteiger partial charge in [-0.05, 0) is 31.2 Å². The van der Waals surface area contributed by atoms with E-state index >= 15 is 0 Å². The molecule has 0 saturated heterocycles. The van der Waals surface area contributed by atoms with Crippen molar-refractivity contribution in [2.75, 3.05) is 16.8 Å². The van der Waals surface area contributed by atoms with Gasteiger partial charge in [-0.3, -0.25) is 15.0 Å². The zero-order chi connectivity index (χ0) is 15.4. The lowest BCUT2D eigenvalue weighted by atomic mass is 10.3. The number of carboxylic acids is 1. The number of aliphatic carboxylic acids is 1. The summed E-state index contributed by atoms with van der Waals surface area (Å²) in [5.41, 5.74) is 0.417. The molecule has 1 heterocycles. The van der Waals surface area contributed by atoms with Crippen molar-refractivity contribution in [3.63, 3.8) is 0 Å². The minimum absolute atomic E-state index is 0.307. The third kappa shape index (κ3) is 4.14. The first kappa shape index (κ1) is 15.2. The van der Waals surface area contributed by atoms with Crippen molar-refractivity contribution < 1.29 is 14.7 Å². The molecule has 0 spiro atoms.